The first-order valence-corrected chi connectivity index (χ1v) is 6.75. The largest absolute Gasteiger partial charge is 0.465 e. The second-order valence-corrected chi connectivity index (χ2v) is 5.16. The van der Waals surface area contributed by atoms with E-state index in [1.807, 2.05) is 6.07 Å². The zero-order valence-electron chi connectivity index (χ0n) is 10.9. The number of halogens is 2. The maximum absolute atomic E-state index is 14.1. The first-order valence-electron chi connectivity index (χ1n) is 5.96. The molecule has 0 amide bonds. The van der Waals surface area contributed by atoms with Gasteiger partial charge >= 0.3 is 5.97 Å². The third kappa shape index (κ3) is 3.32. The molecule has 0 heterocycles. The van der Waals surface area contributed by atoms with Crippen molar-refractivity contribution in [2.45, 2.75) is 32.1 Å². The molecule has 0 aliphatic rings. The normalized spacial score (nSPS) is 13.4. The minimum atomic E-state index is -1.17. The Balaban J connectivity index is 3.31. The molecule has 0 fully saturated rings. The van der Waals surface area contributed by atoms with E-state index in [1.165, 1.54) is 6.07 Å². The van der Waals surface area contributed by atoms with E-state index < -0.39 is 17.2 Å². The molecule has 5 heteroatoms. The van der Waals surface area contributed by atoms with E-state index in [9.17, 15) is 9.18 Å². The van der Waals surface area contributed by atoms with Crippen molar-refractivity contribution in [1.82, 2.24) is 0 Å². The van der Waals surface area contributed by atoms with Gasteiger partial charge in [-0.2, -0.15) is 5.26 Å². The Morgan fingerprint density at radius 2 is 2.26 bits per heavy atom. The Labute approximate surface area is 120 Å². The van der Waals surface area contributed by atoms with Gasteiger partial charge in [-0.25, -0.2) is 4.39 Å². The molecule has 1 rings (SSSR count). The first-order chi connectivity index (χ1) is 8.97. The number of hydrogen-bond donors (Lipinski definition) is 0. The van der Waals surface area contributed by atoms with E-state index in [0.717, 1.165) is 0 Å². The number of esters is 1. The van der Waals surface area contributed by atoms with Crippen LogP contribution in [0.4, 0.5) is 4.39 Å². The van der Waals surface area contributed by atoms with Crippen molar-refractivity contribution >= 4 is 21.9 Å². The molecule has 0 N–H and O–H groups in total. The summed E-state index contributed by atoms with van der Waals surface area (Å²) in [4.78, 5) is 12.2. The highest BCUT2D eigenvalue weighted by Crippen LogP contribution is 2.37. The van der Waals surface area contributed by atoms with Gasteiger partial charge in [0.25, 0.3) is 0 Å². The first kappa shape index (κ1) is 15.6. The summed E-state index contributed by atoms with van der Waals surface area (Å²) in [6, 6.07) is 6.50. The van der Waals surface area contributed by atoms with Crippen LogP contribution in [0.3, 0.4) is 0 Å². The standard InChI is InChI=1S/C14H15BrFNO2/c1-3-19-13(18)14(2,8-5-9-17)12-10(15)6-4-7-11(12)16/h4,6-7H,3,5,8H2,1-2H3. The Morgan fingerprint density at radius 3 is 2.79 bits per heavy atom. The maximum Gasteiger partial charge on any atom is 0.316 e. The van der Waals surface area contributed by atoms with Crippen LogP contribution in [-0.4, -0.2) is 12.6 Å². The molecular formula is C14H15BrFNO2. The van der Waals surface area contributed by atoms with Gasteiger partial charge < -0.3 is 4.74 Å². The molecular weight excluding hydrogens is 313 g/mol. The monoisotopic (exact) mass is 327 g/mol. The van der Waals surface area contributed by atoms with Gasteiger partial charge in [0.1, 0.15) is 5.82 Å². The van der Waals surface area contributed by atoms with Crippen molar-refractivity contribution in [3.63, 3.8) is 0 Å². The molecule has 0 saturated carbocycles. The maximum atomic E-state index is 14.1. The van der Waals surface area contributed by atoms with Crippen molar-refractivity contribution in [2.24, 2.45) is 0 Å². The van der Waals surface area contributed by atoms with Crippen molar-refractivity contribution in [3.8, 4) is 6.07 Å². The average Bonchev–Trinajstić information content (AvgIpc) is 2.36. The van der Waals surface area contributed by atoms with Gasteiger partial charge in [0.2, 0.25) is 0 Å². The van der Waals surface area contributed by atoms with Gasteiger partial charge in [-0.15, -0.1) is 0 Å². The fraction of sp³-hybridized carbons (Fsp3) is 0.429. The van der Waals surface area contributed by atoms with Crippen LogP contribution in [0.5, 0.6) is 0 Å². The summed E-state index contributed by atoms with van der Waals surface area (Å²) in [6.07, 6.45) is 0.359. The number of carbonyl (C=O) groups is 1. The molecule has 0 aliphatic carbocycles. The quantitative estimate of drug-likeness (QED) is 0.774. The van der Waals surface area contributed by atoms with Crippen LogP contribution in [-0.2, 0) is 14.9 Å². The van der Waals surface area contributed by atoms with Crippen LogP contribution < -0.4 is 0 Å². The summed E-state index contributed by atoms with van der Waals surface area (Å²) < 4.78 is 19.6. The highest BCUT2D eigenvalue weighted by molar-refractivity contribution is 9.10. The summed E-state index contributed by atoms with van der Waals surface area (Å²) in [5.41, 5.74) is -0.931. The minimum Gasteiger partial charge on any atom is -0.465 e. The van der Waals surface area contributed by atoms with Gasteiger partial charge in [-0.3, -0.25) is 4.79 Å². The number of rotatable bonds is 5. The fourth-order valence-electron chi connectivity index (χ4n) is 1.95. The topological polar surface area (TPSA) is 50.1 Å². The van der Waals surface area contributed by atoms with Crippen LogP contribution in [0.2, 0.25) is 0 Å². The molecule has 1 atom stereocenters. The van der Waals surface area contributed by atoms with Gasteiger partial charge in [0.15, 0.2) is 0 Å². The Hall–Kier alpha value is -1.41. The van der Waals surface area contributed by atoms with Gasteiger partial charge in [-0.1, -0.05) is 22.0 Å². The molecule has 0 aromatic heterocycles. The zero-order valence-corrected chi connectivity index (χ0v) is 12.5. The van der Waals surface area contributed by atoms with Crippen LogP contribution in [0.25, 0.3) is 0 Å². The molecule has 1 aromatic carbocycles. The number of nitrogens with zero attached hydrogens (tertiary/aromatic N) is 1. The van der Waals surface area contributed by atoms with E-state index in [0.29, 0.717) is 4.47 Å². The number of carbonyl (C=O) groups excluding carboxylic acids is 1. The average molecular weight is 328 g/mol. The zero-order chi connectivity index (χ0) is 14.5. The second-order valence-electron chi connectivity index (χ2n) is 4.31. The Morgan fingerprint density at radius 1 is 1.58 bits per heavy atom. The van der Waals surface area contributed by atoms with Gasteiger partial charge in [0.05, 0.1) is 18.1 Å². The molecule has 0 aliphatic heterocycles. The van der Waals surface area contributed by atoms with Crippen molar-refractivity contribution in [1.29, 1.82) is 5.26 Å². The molecule has 19 heavy (non-hydrogen) atoms. The summed E-state index contributed by atoms with van der Waals surface area (Å²) in [5, 5.41) is 8.72. The molecule has 0 saturated heterocycles. The molecule has 1 unspecified atom stereocenters. The molecule has 0 bridgehead atoms. The molecule has 1 aromatic rings. The summed E-state index contributed by atoms with van der Waals surface area (Å²) >= 11 is 3.26. The van der Waals surface area contributed by atoms with E-state index in [4.69, 9.17) is 10.00 Å². The smallest absolute Gasteiger partial charge is 0.316 e. The number of ether oxygens (including phenoxy) is 1. The predicted octanol–water partition coefficient (Wildman–Crippen LogP) is 3.71. The third-order valence-corrected chi connectivity index (χ3v) is 3.64. The van der Waals surface area contributed by atoms with Crippen molar-refractivity contribution < 1.29 is 13.9 Å². The summed E-state index contributed by atoms with van der Waals surface area (Å²) in [7, 11) is 0. The van der Waals surface area contributed by atoms with E-state index in [1.54, 1.807) is 26.0 Å². The Bertz CT molecular complexity index is 492. The predicted molar refractivity (Wildman–Crippen MR) is 72.9 cm³/mol. The van der Waals surface area contributed by atoms with Crippen molar-refractivity contribution in [3.05, 3.63) is 34.1 Å². The lowest BCUT2D eigenvalue weighted by Gasteiger charge is -2.28. The van der Waals surface area contributed by atoms with E-state index >= 15 is 0 Å². The molecule has 3 nitrogen and oxygen atoms in total. The molecule has 0 radical (unpaired) electrons. The summed E-state index contributed by atoms with van der Waals surface area (Å²) in [6.45, 7) is 3.51. The van der Waals surface area contributed by atoms with Crippen molar-refractivity contribution in [2.75, 3.05) is 6.61 Å². The lowest BCUT2D eigenvalue weighted by Crippen LogP contribution is -2.35. The van der Waals surface area contributed by atoms with Crippen LogP contribution >= 0.6 is 15.9 Å². The van der Waals surface area contributed by atoms with Crippen LogP contribution in [0, 0.1) is 17.1 Å². The lowest BCUT2D eigenvalue weighted by molar-refractivity contribution is -0.150. The van der Waals surface area contributed by atoms with Crippen LogP contribution in [0.15, 0.2) is 22.7 Å². The fourth-order valence-corrected chi connectivity index (χ4v) is 2.73. The lowest BCUT2D eigenvalue weighted by atomic mass is 9.78. The highest BCUT2D eigenvalue weighted by Gasteiger charge is 2.40. The Kier molecular flexibility index (Phi) is 5.49. The van der Waals surface area contributed by atoms with Gasteiger partial charge in [-0.05, 0) is 32.4 Å². The number of nitriles is 1. The molecule has 102 valence electrons. The minimum absolute atomic E-state index is 0.149. The number of benzene rings is 1. The third-order valence-electron chi connectivity index (χ3n) is 2.98. The van der Waals surface area contributed by atoms with Crippen LogP contribution in [0.1, 0.15) is 32.3 Å². The SMILES string of the molecule is CCOC(=O)C(C)(CCC#N)c1c(F)cccc1Br. The number of hydrogen-bond acceptors (Lipinski definition) is 3. The highest BCUT2D eigenvalue weighted by atomic mass is 79.9. The van der Waals surface area contributed by atoms with E-state index in [-0.39, 0.29) is 25.0 Å². The molecule has 0 spiro atoms. The summed E-state index contributed by atoms with van der Waals surface area (Å²) in [5.74, 6) is -1.00. The second kappa shape index (κ2) is 6.67. The van der Waals surface area contributed by atoms with E-state index in [2.05, 4.69) is 15.9 Å². The van der Waals surface area contributed by atoms with Gasteiger partial charge in [0, 0.05) is 16.5 Å².